The van der Waals surface area contributed by atoms with Gasteiger partial charge in [-0.05, 0) is 48.9 Å². The van der Waals surface area contributed by atoms with E-state index in [1.807, 2.05) is 45.0 Å². The molecule has 2 aromatic heterocycles. The quantitative estimate of drug-likeness (QED) is 0.770. The molecule has 0 bridgehead atoms. The minimum atomic E-state index is -0.213. The summed E-state index contributed by atoms with van der Waals surface area (Å²) in [5.41, 5.74) is 2.11. The topological polar surface area (TPSA) is 81.9 Å². The Bertz CT molecular complexity index is 857. The van der Waals surface area contributed by atoms with Crippen LogP contribution < -0.4 is 10.1 Å². The van der Waals surface area contributed by atoms with Crippen molar-refractivity contribution in [2.45, 2.75) is 20.8 Å². The minimum absolute atomic E-state index is 0.213. The molecule has 0 saturated carbocycles. The van der Waals surface area contributed by atoms with Gasteiger partial charge in [0.2, 0.25) is 0 Å². The minimum Gasteiger partial charge on any atom is -0.492 e. The van der Waals surface area contributed by atoms with Gasteiger partial charge in [-0.2, -0.15) is 4.68 Å². The van der Waals surface area contributed by atoms with Crippen molar-refractivity contribution in [1.29, 1.82) is 0 Å². The van der Waals surface area contributed by atoms with Crippen molar-refractivity contribution < 1.29 is 9.53 Å². The monoisotopic (exact) mass is 343 g/mol. The Morgan fingerprint density at radius 1 is 1.33 bits per heavy atom. The second-order valence-electron chi connectivity index (χ2n) is 5.10. The largest absolute Gasteiger partial charge is 0.492 e. The maximum atomic E-state index is 12.9. The number of amides is 1. The third kappa shape index (κ3) is 3.00. The lowest BCUT2D eigenvalue weighted by Crippen LogP contribution is -2.15. The lowest BCUT2D eigenvalue weighted by atomic mass is 10.1. The van der Waals surface area contributed by atoms with E-state index in [0.717, 1.165) is 10.4 Å². The highest BCUT2D eigenvalue weighted by Gasteiger charge is 2.22. The van der Waals surface area contributed by atoms with E-state index >= 15 is 0 Å². The summed E-state index contributed by atoms with van der Waals surface area (Å²) in [6.07, 6.45) is 1.48. The van der Waals surface area contributed by atoms with Gasteiger partial charge in [0.1, 0.15) is 17.1 Å². The second kappa shape index (κ2) is 6.79. The number of anilines is 1. The molecule has 2 heterocycles. The molecule has 0 aliphatic carbocycles. The molecular weight excluding hydrogens is 326 g/mol. The summed E-state index contributed by atoms with van der Waals surface area (Å²) in [5.74, 6) is 0.427. The fraction of sp³-hybridized carbons (Fsp3) is 0.250. The molecule has 0 unspecified atom stereocenters. The maximum Gasteiger partial charge on any atom is 0.259 e. The first kappa shape index (κ1) is 16.1. The van der Waals surface area contributed by atoms with Gasteiger partial charge in [0.05, 0.1) is 17.9 Å². The summed E-state index contributed by atoms with van der Waals surface area (Å²) < 4.78 is 7.07. The number of benzene rings is 1. The molecule has 24 heavy (non-hydrogen) atoms. The number of hydrogen-bond acceptors (Lipinski definition) is 6. The van der Waals surface area contributed by atoms with E-state index in [9.17, 15) is 4.79 Å². The summed E-state index contributed by atoms with van der Waals surface area (Å²) in [4.78, 5) is 13.9. The zero-order chi connectivity index (χ0) is 17.1. The number of tetrazole rings is 1. The number of para-hydroxylation sites is 2. The van der Waals surface area contributed by atoms with Crippen molar-refractivity contribution in [3.05, 3.63) is 46.6 Å². The van der Waals surface area contributed by atoms with Crippen LogP contribution in [0, 0.1) is 13.8 Å². The molecule has 1 aromatic carbocycles. The maximum absolute atomic E-state index is 12.9. The highest BCUT2D eigenvalue weighted by Crippen LogP contribution is 2.32. The van der Waals surface area contributed by atoms with Gasteiger partial charge in [0.15, 0.2) is 0 Å². The standard InChI is InChI=1S/C16H17N5O2S/c1-4-23-13-8-6-5-7-12(13)18-15(22)14-10(2)11(3)24-16(14)21-9-17-19-20-21/h5-9H,4H2,1-3H3,(H,18,22). The van der Waals surface area contributed by atoms with Crippen molar-refractivity contribution in [2.75, 3.05) is 11.9 Å². The van der Waals surface area contributed by atoms with E-state index in [0.29, 0.717) is 28.6 Å². The van der Waals surface area contributed by atoms with Crippen molar-refractivity contribution >= 4 is 22.9 Å². The predicted molar refractivity (Wildman–Crippen MR) is 92.1 cm³/mol. The molecule has 3 rings (SSSR count). The van der Waals surface area contributed by atoms with Gasteiger partial charge in [-0.25, -0.2) is 0 Å². The Morgan fingerprint density at radius 2 is 2.12 bits per heavy atom. The molecule has 0 aliphatic heterocycles. The molecule has 1 N–H and O–H groups in total. The van der Waals surface area contributed by atoms with E-state index in [-0.39, 0.29) is 5.91 Å². The van der Waals surface area contributed by atoms with Crippen LogP contribution in [0.5, 0.6) is 5.75 Å². The van der Waals surface area contributed by atoms with Gasteiger partial charge < -0.3 is 10.1 Å². The van der Waals surface area contributed by atoms with Crippen LogP contribution in [-0.4, -0.2) is 32.7 Å². The van der Waals surface area contributed by atoms with Gasteiger partial charge in [0.25, 0.3) is 5.91 Å². The lowest BCUT2D eigenvalue weighted by Gasteiger charge is -2.12. The zero-order valence-corrected chi connectivity index (χ0v) is 14.4. The Kier molecular flexibility index (Phi) is 4.57. The van der Waals surface area contributed by atoms with Crippen LogP contribution in [0.4, 0.5) is 5.69 Å². The van der Waals surface area contributed by atoms with Crippen LogP contribution >= 0.6 is 11.3 Å². The smallest absolute Gasteiger partial charge is 0.259 e. The normalized spacial score (nSPS) is 10.6. The Labute approximate surface area is 143 Å². The molecular formula is C16H17N5O2S. The highest BCUT2D eigenvalue weighted by atomic mass is 32.1. The first-order chi connectivity index (χ1) is 11.6. The number of ether oxygens (including phenoxy) is 1. The molecule has 0 saturated heterocycles. The van der Waals surface area contributed by atoms with Crippen molar-refractivity contribution in [1.82, 2.24) is 20.2 Å². The van der Waals surface area contributed by atoms with Crippen molar-refractivity contribution in [2.24, 2.45) is 0 Å². The van der Waals surface area contributed by atoms with Gasteiger partial charge in [-0.15, -0.1) is 16.4 Å². The van der Waals surface area contributed by atoms with E-state index in [4.69, 9.17) is 4.74 Å². The summed E-state index contributed by atoms with van der Waals surface area (Å²) in [6.45, 7) is 6.32. The number of thiophene rings is 1. The molecule has 1 amide bonds. The van der Waals surface area contributed by atoms with Gasteiger partial charge in [0, 0.05) is 4.88 Å². The molecule has 0 atom stereocenters. The summed E-state index contributed by atoms with van der Waals surface area (Å²) in [7, 11) is 0. The fourth-order valence-electron chi connectivity index (χ4n) is 2.33. The third-order valence-electron chi connectivity index (χ3n) is 3.59. The SMILES string of the molecule is CCOc1ccccc1NC(=O)c1c(-n2cnnn2)sc(C)c1C. The van der Waals surface area contributed by atoms with Crippen LogP contribution in [0.3, 0.4) is 0 Å². The first-order valence-corrected chi connectivity index (χ1v) is 8.30. The molecule has 0 radical (unpaired) electrons. The van der Waals surface area contributed by atoms with Gasteiger partial charge in [-0.1, -0.05) is 12.1 Å². The highest BCUT2D eigenvalue weighted by molar-refractivity contribution is 7.15. The van der Waals surface area contributed by atoms with E-state index in [2.05, 4.69) is 20.8 Å². The molecule has 124 valence electrons. The summed E-state index contributed by atoms with van der Waals surface area (Å²) >= 11 is 1.48. The Balaban J connectivity index is 1.97. The molecule has 0 aliphatic rings. The number of hydrogen-bond donors (Lipinski definition) is 1. The van der Waals surface area contributed by atoms with Crippen LogP contribution in [0.2, 0.25) is 0 Å². The van der Waals surface area contributed by atoms with Crippen molar-refractivity contribution in [3.8, 4) is 10.8 Å². The predicted octanol–water partition coefficient (Wildman–Crippen LogP) is 2.99. The van der Waals surface area contributed by atoms with Gasteiger partial charge in [-0.3, -0.25) is 4.79 Å². The Hall–Kier alpha value is -2.74. The average Bonchev–Trinajstić information content (AvgIpc) is 3.19. The van der Waals surface area contributed by atoms with E-state index in [1.54, 1.807) is 0 Å². The number of nitrogens with zero attached hydrogens (tertiary/aromatic N) is 4. The number of aryl methyl sites for hydroxylation is 1. The molecule has 0 spiro atoms. The number of aromatic nitrogens is 4. The fourth-order valence-corrected chi connectivity index (χ4v) is 3.40. The zero-order valence-electron chi connectivity index (χ0n) is 13.6. The molecule has 7 nitrogen and oxygen atoms in total. The molecule has 3 aromatic rings. The lowest BCUT2D eigenvalue weighted by molar-refractivity contribution is 0.102. The van der Waals surface area contributed by atoms with Crippen LogP contribution in [0.15, 0.2) is 30.6 Å². The average molecular weight is 343 g/mol. The third-order valence-corrected chi connectivity index (χ3v) is 4.78. The molecule has 8 heteroatoms. The van der Waals surface area contributed by atoms with Crippen LogP contribution in [-0.2, 0) is 0 Å². The van der Waals surface area contributed by atoms with E-state index in [1.165, 1.54) is 22.3 Å². The van der Waals surface area contributed by atoms with E-state index < -0.39 is 0 Å². The number of carbonyl (C=O) groups excluding carboxylic acids is 1. The first-order valence-electron chi connectivity index (χ1n) is 7.48. The second-order valence-corrected chi connectivity index (χ2v) is 6.30. The summed E-state index contributed by atoms with van der Waals surface area (Å²) in [5, 5.41) is 14.8. The molecule has 0 fully saturated rings. The van der Waals surface area contributed by atoms with Crippen LogP contribution in [0.25, 0.3) is 5.00 Å². The summed E-state index contributed by atoms with van der Waals surface area (Å²) in [6, 6.07) is 7.36. The van der Waals surface area contributed by atoms with Crippen molar-refractivity contribution in [3.63, 3.8) is 0 Å². The Morgan fingerprint density at radius 3 is 2.83 bits per heavy atom. The number of carbonyl (C=O) groups is 1. The number of rotatable bonds is 5. The number of nitrogens with one attached hydrogen (secondary N) is 1. The van der Waals surface area contributed by atoms with Crippen LogP contribution in [0.1, 0.15) is 27.7 Å². The van der Waals surface area contributed by atoms with Gasteiger partial charge >= 0.3 is 0 Å².